The van der Waals surface area contributed by atoms with E-state index in [9.17, 15) is 14.0 Å². The van der Waals surface area contributed by atoms with E-state index in [1.165, 1.54) is 11.0 Å². The standard InChI is InChI=1S/C18H24FN3O2/c1-11-3-4-16(15(19)5-11)22-10-14(7-17(22)23)18(24)21-9-13(8-20)6-12(21)2/h3-5,12-14H,6-10,20H2,1-2H3. The minimum absolute atomic E-state index is 0.0122. The number of hydrogen-bond donors (Lipinski definition) is 1. The number of anilines is 1. The van der Waals surface area contributed by atoms with Crippen LogP contribution in [0.25, 0.3) is 0 Å². The van der Waals surface area contributed by atoms with Gasteiger partial charge in [0.05, 0.1) is 11.6 Å². The molecule has 0 bridgehead atoms. The highest BCUT2D eigenvalue weighted by Crippen LogP contribution is 2.31. The largest absolute Gasteiger partial charge is 0.339 e. The third-order valence-electron chi connectivity index (χ3n) is 5.15. The van der Waals surface area contributed by atoms with Crippen LogP contribution >= 0.6 is 0 Å². The lowest BCUT2D eigenvalue weighted by Gasteiger charge is -2.25. The number of likely N-dealkylation sites (tertiary alicyclic amines) is 1. The number of nitrogens with zero attached hydrogens (tertiary/aromatic N) is 2. The van der Waals surface area contributed by atoms with Gasteiger partial charge in [0.2, 0.25) is 11.8 Å². The lowest BCUT2D eigenvalue weighted by molar-refractivity contribution is -0.136. The van der Waals surface area contributed by atoms with Crippen LogP contribution in [0.1, 0.15) is 25.3 Å². The van der Waals surface area contributed by atoms with Crippen LogP contribution < -0.4 is 10.6 Å². The molecule has 0 saturated carbocycles. The second kappa shape index (κ2) is 6.51. The van der Waals surface area contributed by atoms with Gasteiger partial charge in [0.1, 0.15) is 5.82 Å². The van der Waals surface area contributed by atoms with Gasteiger partial charge in [-0.3, -0.25) is 9.59 Å². The topological polar surface area (TPSA) is 66.6 Å². The van der Waals surface area contributed by atoms with Crippen LogP contribution in [0.4, 0.5) is 10.1 Å². The van der Waals surface area contributed by atoms with Gasteiger partial charge >= 0.3 is 0 Å². The summed E-state index contributed by atoms with van der Waals surface area (Å²) < 4.78 is 14.2. The van der Waals surface area contributed by atoms with Gasteiger partial charge in [-0.15, -0.1) is 0 Å². The van der Waals surface area contributed by atoms with Crippen LogP contribution in [-0.4, -0.2) is 42.4 Å². The molecule has 3 atom stereocenters. The monoisotopic (exact) mass is 333 g/mol. The van der Waals surface area contributed by atoms with Crippen molar-refractivity contribution in [3.05, 3.63) is 29.6 Å². The summed E-state index contributed by atoms with van der Waals surface area (Å²) in [4.78, 5) is 28.3. The van der Waals surface area contributed by atoms with Crippen molar-refractivity contribution in [2.75, 3.05) is 24.5 Å². The molecule has 0 aromatic heterocycles. The van der Waals surface area contributed by atoms with E-state index in [2.05, 4.69) is 0 Å². The summed E-state index contributed by atoms with van der Waals surface area (Å²) in [7, 11) is 0. The van der Waals surface area contributed by atoms with Crippen LogP contribution in [-0.2, 0) is 9.59 Å². The maximum absolute atomic E-state index is 14.2. The Morgan fingerprint density at radius 1 is 1.38 bits per heavy atom. The molecule has 5 nitrogen and oxygen atoms in total. The van der Waals surface area contributed by atoms with Gasteiger partial charge in [-0.2, -0.15) is 0 Å². The Kier molecular flexibility index (Phi) is 4.58. The fraction of sp³-hybridized carbons (Fsp3) is 0.556. The molecular formula is C18H24FN3O2. The highest BCUT2D eigenvalue weighted by Gasteiger charge is 2.41. The van der Waals surface area contributed by atoms with Crippen molar-refractivity contribution < 1.29 is 14.0 Å². The van der Waals surface area contributed by atoms with Crippen LogP contribution in [0.3, 0.4) is 0 Å². The molecule has 0 spiro atoms. The zero-order valence-electron chi connectivity index (χ0n) is 14.2. The van der Waals surface area contributed by atoms with E-state index in [0.29, 0.717) is 19.0 Å². The number of carbonyl (C=O) groups excluding carboxylic acids is 2. The lowest BCUT2D eigenvalue weighted by Crippen LogP contribution is -2.40. The van der Waals surface area contributed by atoms with Crippen molar-refractivity contribution in [2.24, 2.45) is 17.6 Å². The molecule has 1 aromatic carbocycles. The Balaban J connectivity index is 1.74. The summed E-state index contributed by atoms with van der Waals surface area (Å²) in [6, 6.07) is 4.94. The van der Waals surface area contributed by atoms with E-state index in [1.54, 1.807) is 19.1 Å². The first-order valence-corrected chi connectivity index (χ1v) is 8.47. The zero-order valence-corrected chi connectivity index (χ0v) is 14.2. The fourth-order valence-electron chi connectivity index (χ4n) is 3.79. The predicted octanol–water partition coefficient (Wildman–Crippen LogP) is 1.68. The number of aryl methyl sites for hydroxylation is 1. The summed E-state index contributed by atoms with van der Waals surface area (Å²) in [5.41, 5.74) is 6.78. The van der Waals surface area contributed by atoms with Gasteiger partial charge in [0.25, 0.3) is 0 Å². The number of benzene rings is 1. The predicted molar refractivity (Wildman–Crippen MR) is 89.9 cm³/mol. The van der Waals surface area contributed by atoms with Crippen molar-refractivity contribution in [1.29, 1.82) is 0 Å². The third-order valence-corrected chi connectivity index (χ3v) is 5.15. The molecular weight excluding hydrogens is 309 g/mol. The van der Waals surface area contributed by atoms with E-state index >= 15 is 0 Å². The number of hydrogen-bond acceptors (Lipinski definition) is 3. The first-order valence-electron chi connectivity index (χ1n) is 8.47. The van der Waals surface area contributed by atoms with Gasteiger partial charge in [0.15, 0.2) is 0 Å². The minimum Gasteiger partial charge on any atom is -0.339 e. The van der Waals surface area contributed by atoms with E-state index in [-0.39, 0.29) is 36.5 Å². The Morgan fingerprint density at radius 3 is 2.75 bits per heavy atom. The molecule has 130 valence electrons. The van der Waals surface area contributed by atoms with Gasteiger partial charge in [-0.1, -0.05) is 6.07 Å². The van der Waals surface area contributed by atoms with Crippen LogP contribution in [0.15, 0.2) is 18.2 Å². The summed E-state index contributed by atoms with van der Waals surface area (Å²) in [6.45, 7) is 5.28. The Hall–Kier alpha value is -1.95. The summed E-state index contributed by atoms with van der Waals surface area (Å²) in [5, 5.41) is 0. The minimum atomic E-state index is -0.422. The molecule has 2 N–H and O–H groups in total. The Morgan fingerprint density at radius 2 is 2.12 bits per heavy atom. The molecule has 3 rings (SSSR count). The number of rotatable bonds is 3. The molecule has 2 aliphatic heterocycles. The summed E-state index contributed by atoms with van der Waals surface area (Å²) >= 11 is 0. The van der Waals surface area contributed by atoms with Crippen molar-refractivity contribution in [1.82, 2.24) is 4.90 Å². The Labute approximate surface area is 141 Å². The molecule has 3 unspecified atom stereocenters. The van der Waals surface area contributed by atoms with Crippen LogP contribution in [0.2, 0.25) is 0 Å². The molecule has 24 heavy (non-hydrogen) atoms. The smallest absolute Gasteiger partial charge is 0.228 e. The highest BCUT2D eigenvalue weighted by atomic mass is 19.1. The van der Waals surface area contributed by atoms with Crippen LogP contribution in [0.5, 0.6) is 0 Å². The van der Waals surface area contributed by atoms with E-state index < -0.39 is 11.7 Å². The molecule has 2 saturated heterocycles. The highest BCUT2D eigenvalue weighted by molar-refractivity contribution is 6.00. The SMILES string of the molecule is Cc1ccc(N2CC(C(=O)N3CC(CN)CC3C)CC2=O)c(F)c1. The summed E-state index contributed by atoms with van der Waals surface area (Å²) in [6.07, 6.45) is 1.04. The van der Waals surface area contributed by atoms with Gasteiger partial charge < -0.3 is 15.5 Å². The normalized spacial score (nSPS) is 27.2. The average Bonchev–Trinajstić information content (AvgIpc) is 3.10. The molecule has 2 heterocycles. The van der Waals surface area contributed by atoms with E-state index in [1.807, 2.05) is 11.8 Å². The first kappa shape index (κ1) is 16.9. The zero-order chi connectivity index (χ0) is 17.4. The maximum atomic E-state index is 14.2. The maximum Gasteiger partial charge on any atom is 0.228 e. The quantitative estimate of drug-likeness (QED) is 0.915. The third kappa shape index (κ3) is 3.02. The van der Waals surface area contributed by atoms with Crippen molar-refractivity contribution in [3.63, 3.8) is 0 Å². The van der Waals surface area contributed by atoms with Crippen molar-refractivity contribution in [3.8, 4) is 0 Å². The average molecular weight is 333 g/mol. The molecule has 2 amide bonds. The van der Waals surface area contributed by atoms with Crippen LogP contribution in [0, 0.1) is 24.6 Å². The van der Waals surface area contributed by atoms with Gasteiger partial charge in [-0.25, -0.2) is 4.39 Å². The molecule has 2 aliphatic rings. The molecule has 0 aliphatic carbocycles. The van der Waals surface area contributed by atoms with E-state index in [0.717, 1.165) is 12.0 Å². The van der Waals surface area contributed by atoms with Crippen molar-refractivity contribution in [2.45, 2.75) is 32.7 Å². The lowest BCUT2D eigenvalue weighted by atomic mass is 10.1. The number of halogens is 1. The number of carbonyl (C=O) groups is 2. The number of nitrogens with two attached hydrogens (primary N) is 1. The Bertz CT molecular complexity index is 664. The second-order valence-corrected chi connectivity index (χ2v) is 7.04. The first-order chi connectivity index (χ1) is 11.4. The molecule has 1 aromatic rings. The van der Waals surface area contributed by atoms with Crippen molar-refractivity contribution >= 4 is 17.5 Å². The molecule has 2 fully saturated rings. The van der Waals surface area contributed by atoms with Gasteiger partial charge in [-0.05, 0) is 50.4 Å². The fourth-order valence-corrected chi connectivity index (χ4v) is 3.79. The van der Waals surface area contributed by atoms with Gasteiger partial charge in [0, 0.05) is 25.6 Å². The second-order valence-electron chi connectivity index (χ2n) is 7.04. The summed E-state index contributed by atoms with van der Waals surface area (Å²) in [5.74, 6) is -0.710. The molecule has 6 heteroatoms. The molecule has 0 radical (unpaired) electrons. The van der Waals surface area contributed by atoms with E-state index in [4.69, 9.17) is 5.73 Å². The number of amides is 2.